The molecule has 1 unspecified atom stereocenters. The van der Waals surface area contributed by atoms with Gasteiger partial charge in [-0.2, -0.15) is 0 Å². The number of rotatable bonds is 8. The molecule has 2 N–H and O–H groups in total. The lowest BCUT2D eigenvalue weighted by Gasteiger charge is -2.15. The van der Waals surface area contributed by atoms with Crippen molar-refractivity contribution in [3.8, 4) is 5.75 Å². The normalized spacial score (nSPS) is 12.7. The smallest absolute Gasteiger partial charge is 0.191 e. The number of aryl methyl sites for hydroxylation is 2. The summed E-state index contributed by atoms with van der Waals surface area (Å²) >= 11 is 1.73. The van der Waals surface area contributed by atoms with Gasteiger partial charge in [-0.05, 0) is 39.8 Å². The Balaban J connectivity index is 1.85. The van der Waals surface area contributed by atoms with Crippen LogP contribution in [0.3, 0.4) is 0 Å². The van der Waals surface area contributed by atoms with E-state index in [1.165, 1.54) is 10.9 Å². The second-order valence-electron chi connectivity index (χ2n) is 6.00. The minimum absolute atomic E-state index is 0.228. The number of ether oxygens (including phenoxy) is 1. The van der Waals surface area contributed by atoms with Crippen LogP contribution in [0.25, 0.3) is 0 Å². The van der Waals surface area contributed by atoms with E-state index in [1.54, 1.807) is 29.5 Å². The minimum atomic E-state index is -0.358. The average molecular weight is 379 g/mol. The van der Waals surface area contributed by atoms with E-state index >= 15 is 0 Å². The van der Waals surface area contributed by atoms with Gasteiger partial charge in [0.2, 0.25) is 0 Å². The van der Waals surface area contributed by atoms with E-state index in [2.05, 4.69) is 20.6 Å². The van der Waals surface area contributed by atoms with Crippen LogP contribution in [0.5, 0.6) is 5.75 Å². The molecule has 26 heavy (non-hydrogen) atoms. The molecule has 1 aromatic carbocycles. The van der Waals surface area contributed by atoms with Crippen LogP contribution in [0.1, 0.15) is 29.4 Å². The number of para-hydroxylation sites is 1. The topological polar surface area (TPSA) is 58.5 Å². The highest BCUT2D eigenvalue weighted by molar-refractivity contribution is 7.11. The molecule has 1 aromatic heterocycles. The highest BCUT2D eigenvalue weighted by Gasteiger charge is 2.09. The number of hydrogen-bond donors (Lipinski definition) is 2. The molecule has 0 aliphatic rings. The predicted octanol–water partition coefficient (Wildman–Crippen LogP) is 3.46. The summed E-state index contributed by atoms with van der Waals surface area (Å²) in [6.07, 6.45) is 0.678. The van der Waals surface area contributed by atoms with Gasteiger partial charge in [0.25, 0.3) is 0 Å². The van der Waals surface area contributed by atoms with Crippen molar-refractivity contribution in [1.82, 2.24) is 15.6 Å². The molecule has 2 aromatic rings. The number of guanidine groups is 1. The van der Waals surface area contributed by atoms with Crippen LogP contribution in [-0.4, -0.2) is 36.7 Å². The average Bonchev–Trinajstić information content (AvgIpc) is 2.92. The van der Waals surface area contributed by atoms with Crippen molar-refractivity contribution in [2.75, 3.05) is 19.6 Å². The lowest BCUT2D eigenvalue weighted by atomic mass is 10.3. The summed E-state index contributed by atoms with van der Waals surface area (Å²) in [6.45, 7) is 9.94. The first-order valence-corrected chi connectivity index (χ1v) is 9.67. The molecule has 0 saturated heterocycles. The molecule has 0 aliphatic carbocycles. The monoisotopic (exact) mass is 378 g/mol. The van der Waals surface area contributed by atoms with E-state index in [0.717, 1.165) is 36.2 Å². The van der Waals surface area contributed by atoms with Gasteiger partial charge in [0.15, 0.2) is 17.5 Å². The van der Waals surface area contributed by atoms with Crippen molar-refractivity contribution in [1.29, 1.82) is 0 Å². The quantitative estimate of drug-likeness (QED) is 0.546. The number of nitrogens with one attached hydrogen (secondary N) is 2. The molecule has 0 aliphatic heterocycles. The Bertz CT molecular complexity index is 732. The molecule has 0 fully saturated rings. The molecule has 7 heteroatoms. The Morgan fingerprint density at radius 1 is 1.31 bits per heavy atom. The van der Waals surface area contributed by atoms with Crippen LogP contribution in [0, 0.1) is 19.7 Å². The maximum Gasteiger partial charge on any atom is 0.191 e. The number of aromatic nitrogens is 1. The third-order valence-electron chi connectivity index (χ3n) is 3.66. The molecule has 0 radical (unpaired) electrons. The number of thiazole rings is 1. The van der Waals surface area contributed by atoms with Crippen LogP contribution in [0.2, 0.25) is 0 Å². The zero-order chi connectivity index (χ0) is 18.9. The Kier molecular flexibility index (Phi) is 7.84. The summed E-state index contributed by atoms with van der Waals surface area (Å²) in [5, 5.41) is 7.64. The van der Waals surface area contributed by atoms with Gasteiger partial charge in [-0.15, -0.1) is 11.3 Å². The fourth-order valence-corrected chi connectivity index (χ4v) is 3.39. The van der Waals surface area contributed by atoms with Crippen LogP contribution < -0.4 is 15.4 Å². The van der Waals surface area contributed by atoms with Crippen LogP contribution in [0.15, 0.2) is 29.3 Å². The van der Waals surface area contributed by atoms with Crippen LogP contribution in [-0.2, 0) is 6.42 Å². The van der Waals surface area contributed by atoms with E-state index in [1.807, 2.05) is 27.7 Å². The van der Waals surface area contributed by atoms with E-state index in [0.29, 0.717) is 6.54 Å². The van der Waals surface area contributed by atoms with Gasteiger partial charge in [-0.1, -0.05) is 12.1 Å². The van der Waals surface area contributed by atoms with Gasteiger partial charge in [0, 0.05) is 24.4 Å². The van der Waals surface area contributed by atoms with E-state index in [4.69, 9.17) is 4.74 Å². The lowest BCUT2D eigenvalue weighted by molar-refractivity contribution is 0.220. The lowest BCUT2D eigenvalue weighted by Crippen LogP contribution is -2.39. The second-order valence-corrected chi connectivity index (χ2v) is 7.28. The standard InChI is InChI=1S/C19H27FN4OS/c1-5-21-19(22-11-10-18-14(3)24-15(4)26-18)23-12-13(2)25-17-9-7-6-8-16(17)20/h6-9,13H,5,10-12H2,1-4H3,(H2,21,22,23). The van der Waals surface area contributed by atoms with Crippen molar-refractivity contribution < 1.29 is 9.13 Å². The van der Waals surface area contributed by atoms with Gasteiger partial charge in [-0.3, -0.25) is 0 Å². The molecule has 0 saturated carbocycles. The molecule has 2 rings (SSSR count). The van der Waals surface area contributed by atoms with Crippen LogP contribution in [0.4, 0.5) is 4.39 Å². The summed E-state index contributed by atoms with van der Waals surface area (Å²) in [5.74, 6) is 0.628. The number of nitrogens with zero attached hydrogens (tertiary/aromatic N) is 2. The highest BCUT2D eigenvalue weighted by Crippen LogP contribution is 2.18. The molecule has 0 amide bonds. The number of halogens is 1. The molecular weight excluding hydrogens is 351 g/mol. The summed E-state index contributed by atoms with van der Waals surface area (Å²) in [5.41, 5.74) is 1.10. The number of aliphatic imine (C=N–C) groups is 1. The largest absolute Gasteiger partial charge is 0.486 e. The first kappa shape index (κ1) is 20.2. The van der Waals surface area contributed by atoms with Crippen molar-refractivity contribution in [3.05, 3.63) is 45.7 Å². The molecular formula is C19H27FN4OS. The van der Waals surface area contributed by atoms with Gasteiger partial charge in [0.05, 0.1) is 17.2 Å². The SMILES string of the molecule is CCNC(=NCC(C)Oc1ccccc1F)NCCc1sc(C)nc1C. The Labute approximate surface area is 158 Å². The predicted molar refractivity (Wildman–Crippen MR) is 106 cm³/mol. The summed E-state index contributed by atoms with van der Waals surface area (Å²) in [7, 11) is 0. The summed E-state index contributed by atoms with van der Waals surface area (Å²) in [6, 6.07) is 6.41. The zero-order valence-corrected chi connectivity index (χ0v) is 16.6. The number of benzene rings is 1. The molecule has 5 nitrogen and oxygen atoms in total. The summed E-state index contributed by atoms with van der Waals surface area (Å²) < 4.78 is 19.3. The third kappa shape index (κ3) is 6.29. The first-order valence-electron chi connectivity index (χ1n) is 8.85. The van der Waals surface area contributed by atoms with E-state index in [-0.39, 0.29) is 17.7 Å². The Hall–Kier alpha value is -2.15. The van der Waals surface area contributed by atoms with Crippen molar-refractivity contribution in [2.45, 2.75) is 40.2 Å². The first-order chi connectivity index (χ1) is 12.5. The van der Waals surface area contributed by atoms with Gasteiger partial charge in [-0.25, -0.2) is 14.4 Å². The molecule has 1 atom stereocenters. The molecule has 0 spiro atoms. The number of hydrogen-bond acceptors (Lipinski definition) is 4. The molecule has 142 valence electrons. The third-order valence-corrected chi connectivity index (χ3v) is 4.79. The van der Waals surface area contributed by atoms with Gasteiger partial charge < -0.3 is 15.4 Å². The fraction of sp³-hybridized carbons (Fsp3) is 0.474. The van der Waals surface area contributed by atoms with Gasteiger partial charge >= 0.3 is 0 Å². The van der Waals surface area contributed by atoms with Crippen LogP contribution >= 0.6 is 11.3 Å². The molecule has 0 bridgehead atoms. The van der Waals surface area contributed by atoms with E-state index in [9.17, 15) is 4.39 Å². The van der Waals surface area contributed by atoms with Crippen molar-refractivity contribution >= 4 is 17.3 Å². The Morgan fingerprint density at radius 3 is 2.73 bits per heavy atom. The maximum atomic E-state index is 13.6. The van der Waals surface area contributed by atoms with Crippen molar-refractivity contribution in [3.63, 3.8) is 0 Å². The molecule has 1 heterocycles. The van der Waals surface area contributed by atoms with E-state index < -0.39 is 0 Å². The Morgan fingerprint density at radius 2 is 2.08 bits per heavy atom. The zero-order valence-electron chi connectivity index (χ0n) is 15.8. The maximum absolute atomic E-state index is 13.6. The fourth-order valence-electron chi connectivity index (χ4n) is 2.46. The van der Waals surface area contributed by atoms with Crippen molar-refractivity contribution in [2.24, 2.45) is 4.99 Å². The summed E-state index contributed by atoms with van der Waals surface area (Å²) in [4.78, 5) is 10.3. The second kappa shape index (κ2) is 10.1. The highest BCUT2D eigenvalue weighted by atomic mass is 32.1. The minimum Gasteiger partial charge on any atom is -0.486 e. The van der Waals surface area contributed by atoms with Gasteiger partial charge in [0.1, 0.15) is 6.10 Å².